The third-order valence-electron chi connectivity index (χ3n) is 1.73. The number of carbonyl (C=O) groups is 1. The van der Waals surface area contributed by atoms with Crippen molar-refractivity contribution in [2.75, 3.05) is 0 Å². The van der Waals surface area contributed by atoms with Crippen molar-refractivity contribution in [3.63, 3.8) is 0 Å². The highest BCUT2D eigenvalue weighted by molar-refractivity contribution is 5.69. The van der Waals surface area contributed by atoms with E-state index in [2.05, 4.69) is 6.92 Å². The first-order chi connectivity index (χ1) is 5.66. The van der Waals surface area contributed by atoms with Gasteiger partial charge in [-0.3, -0.25) is 4.79 Å². The van der Waals surface area contributed by atoms with Crippen molar-refractivity contribution in [2.45, 2.75) is 46.0 Å². The maximum Gasteiger partial charge on any atom is 0.307 e. The van der Waals surface area contributed by atoms with Gasteiger partial charge in [-0.05, 0) is 19.8 Å². The highest BCUT2D eigenvalue weighted by Crippen LogP contribution is 2.05. The van der Waals surface area contributed by atoms with E-state index in [-0.39, 0.29) is 6.42 Å². The summed E-state index contributed by atoms with van der Waals surface area (Å²) in [6.45, 7) is 4.04. The Bertz CT molecular complexity index is 159. The van der Waals surface area contributed by atoms with Gasteiger partial charge in [-0.25, -0.2) is 0 Å². The zero-order chi connectivity index (χ0) is 9.40. The molecule has 0 rings (SSSR count). The van der Waals surface area contributed by atoms with Crippen LogP contribution in [0.4, 0.5) is 0 Å². The smallest absolute Gasteiger partial charge is 0.307 e. The maximum atomic E-state index is 10.3. The minimum Gasteiger partial charge on any atom is -0.481 e. The van der Waals surface area contributed by atoms with Gasteiger partial charge in [-0.1, -0.05) is 31.4 Å². The molecule has 12 heavy (non-hydrogen) atoms. The molecule has 1 N–H and O–H groups in total. The molecule has 0 aromatic rings. The summed E-state index contributed by atoms with van der Waals surface area (Å²) in [5.41, 5.74) is 0.971. The molecule has 0 unspecified atom stereocenters. The van der Waals surface area contributed by atoms with Crippen molar-refractivity contribution in [1.82, 2.24) is 0 Å². The van der Waals surface area contributed by atoms with E-state index in [1.165, 1.54) is 19.3 Å². The van der Waals surface area contributed by atoms with Crippen molar-refractivity contribution < 1.29 is 9.90 Å². The Kier molecular flexibility index (Phi) is 6.44. The summed E-state index contributed by atoms with van der Waals surface area (Å²) in [6, 6.07) is 0. The van der Waals surface area contributed by atoms with Crippen LogP contribution in [0.3, 0.4) is 0 Å². The first-order valence-corrected chi connectivity index (χ1v) is 4.54. The fourth-order valence-electron chi connectivity index (χ4n) is 1.05. The number of hydrogen-bond donors (Lipinski definition) is 1. The number of rotatable bonds is 6. The average Bonchev–Trinajstić information content (AvgIpc) is 1.97. The second-order valence-corrected chi connectivity index (χ2v) is 3.12. The molecule has 2 heteroatoms. The van der Waals surface area contributed by atoms with Crippen LogP contribution in [0, 0.1) is 0 Å². The molecule has 0 heterocycles. The summed E-state index contributed by atoms with van der Waals surface area (Å²) < 4.78 is 0. The zero-order valence-electron chi connectivity index (χ0n) is 7.97. The van der Waals surface area contributed by atoms with Gasteiger partial charge in [0, 0.05) is 0 Å². The SMILES string of the molecule is CCCCCC=C(C)CC(=O)O. The van der Waals surface area contributed by atoms with Crippen molar-refractivity contribution in [2.24, 2.45) is 0 Å². The summed E-state index contributed by atoms with van der Waals surface area (Å²) >= 11 is 0. The second-order valence-electron chi connectivity index (χ2n) is 3.12. The van der Waals surface area contributed by atoms with Crippen molar-refractivity contribution >= 4 is 5.97 Å². The third kappa shape index (κ3) is 7.32. The van der Waals surface area contributed by atoms with Crippen LogP contribution in [0.15, 0.2) is 11.6 Å². The van der Waals surface area contributed by atoms with Gasteiger partial charge in [0.05, 0.1) is 6.42 Å². The topological polar surface area (TPSA) is 37.3 Å². The van der Waals surface area contributed by atoms with E-state index in [4.69, 9.17) is 5.11 Å². The lowest BCUT2D eigenvalue weighted by Gasteiger charge is -1.96. The predicted octanol–water partition coefficient (Wildman–Crippen LogP) is 2.99. The number of allylic oxidation sites excluding steroid dienone is 1. The van der Waals surface area contributed by atoms with E-state index in [1.807, 2.05) is 13.0 Å². The molecule has 0 aromatic carbocycles. The number of hydrogen-bond acceptors (Lipinski definition) is 1. The summed E-state index contributed by atoms with van der Waals surface area (Å²) in [7, 11) is 0. The van der Waals surface area contributed by atoms with Gasteiger partial charge < -0.3 is 5.11 Å². The lowest BCUT2D eigenvalue weighted by atomic mass is 10.1. The van der Waals surface area contributed by atoms with Gasteiger partial charge in [-0.2, -0.15) is 0 Å². The van der Waals surface area contributed by atoms with Gasteiger partial charge in [0.15, 0.2) is 0 Å². The molecule has 0 atom stereocenters. The molecular formula is C10H18O2. The molecule has 0 radical (unpaired) electrons. The predicted molar refractivity (Wildman–Crippen MR) is 50.2 cm³/mol. The molecule has 0 aliphatic heterocycles. The Balaban J connectivity index is 3.48. The molecule has 0 aromatic heterocycles. The van der Waals surface area contributed by atoms with E-state index in [0.29, 0.717) is 0 Å². The number of carboxylic acid groups (broad SMARTS) is 1. The Labute approximate surface area is 74.3 Å². The van der Waals surface area contributed by atoms with Crippen LogP contribution in [0.1, 0.15) is 46.0 Å². The van der Waals surface area contributed by atoms with E-state index >= 15 is 0 Å². The molecule has 0 saturated heterocycles. The number of carboxylic acids is 1. The Hall–Kier alpha value is -0.790. The molecular weight excluding hydrogens is 152 g/mol. The van der Waals surface area contributed by atoms with Gasteiger partial charge in [0.1, 0.15) is 0 Å². The van der Waals surface area contributed by atoms with Crippen molar-refractivity contribution in [3.8, 4) is 0 Å². The molecule has 0 aliphatic carbocycles. The van der Waals surface area contributed by atoms with Crippen LogP contribution in [0.25, 0.3) is 0 Å². The lowest BCUT2D eigenvalue weighted by molar-refractivity contribution is -0.136. The lowest BCUT2D eigenvalue weighted by Crippen LogP contribution is -1.94. The molecule has 2 nitrogen and oxygen atoms in total. The highest BCUT2D eigenvalue weighted by atomic mass is 16.4. The third-order valence-corrected chi connectivity index (χ3v) is 1.73. The molecule has 0 saturated carbocycles. The Morgan fingerprint density at radius 1 is 1.42 bits per heavy atom. The number of unbranched alkanes of at least 4 members (excludes halogenated alkanes) is 3. The van der Waals surface area contributed by atoms with Crippen molar-refractivity contribution in [1.29, 1.82) is 0 Å². The monoisotopic (exact) mass is 170 g/mol. The molecule has 0 bridgehead atoms. The van der Waals surface area contributed by atoms with E-state index < -0.39 is 5.97 Å². The van der Waals surface area contributed by atoms with Gasteiger partial charge >= 0.3 is 5.97 Å². The van der Waals surface area contributed by atoms with Gasteiger partial charge in [0.25, 0.3) is 0 Å². The summed E-state index contributed by atoms with van der Waals surface area (Å²) in [5, 5.41) is 8.45. The molecule has 70 valence electrons. The first-order valence-electron chi connectivity index (χ1n) is 4.54. The molecule has 0 amide bonds. The van der Waals surface area contributed by atoms with Crippen LogP contribution in [0.2, 0.25) is 0 Å². The normalized spacial score (nSPS) is 11.7. The summed E-state index contributed by atoms with van der Waals surface area (Å²) in [4.78, 5) is 10.3. The quantitative estimate of drug-likeness (QED) is 0.491. The average molecular weight is 170 g/mol. The van der Waals surface area contributed by atoms with Crippen LogP contribution in [-0.2, 0) is 4.79 Å². The van der Waals surface area contributed by atoms with Crippen LogP contribution in [0.5, 0.6) is 0 Å². The van der Waals surface area contributed by atoms with Gasteiger partial charge in [0.2, 0.25) is 0 Å². The number of aliphatic carboxylic acids is 1. The van der Waals surface area contributed by atoms with Gasteiger partial charge in [-0.15, -0.1) is 0 Å². The minimum absolute atomic E-state index is 0.187. The maximum absolute atomic E-state index is 10.3. The fraction of sp³-hybridized carbons (Fsp3) is 0.700. The minimum atomic E-state index is -0.737. The van der Waals surface area contributed by atoms with Crippen LogP contribution in [-0.4, -0.2) is 11.1 Å². The largest absolute Gasteiger partial charge is 0.481 e. The Morgan fingerprint density at radius 2 is 2.08 bits per heavy atom. The zero-order valence-corrected chi connectivity index (χ0v) is 7.97. The van der Waals surface area contributed by atoms with Crippen molar-refractivity contribution in [3.05, 3.63) is 11.6 Å². The fourth-order valence-corrected chi connectivity index (χ4v) is 1.05. The summed E-state index contributed by atoms with van der Waals surface area (Å²) in [5.74, 6) is -0.737. The second kappa shape index (κ2) is 6.89. The standard InChI is InChI=1S/C10H18O2/c1-3-4-5-6-7-9(2)8-10(11)12/h7H,3-6,8H2,1-2H3,(H,11,12). The van der Waals surface area contributed by atoms with Crippen LogP contribution >= 0.6 is 0 Å². The summed E-state index contributed by atoms with van der Waals surface area (Å²) in [6.07, 6.45) is 6.86. The highest BCUT2D eigenvalue weighted by Gasteiger charge is 1.96. The van der Waals surface area contributed by atoms with E-state index in [9.17, 15) is 4.79 Å². The molecule has 0 spiro atoms. The first kappa shape index (κ1) is 11.2. The van der Waals surface area contributed by atoms with E-state index in [1.54, 1.807) is 0 Å². The van der Waals surface area contributed by atoms with E-state index in [0.717, 1.165) is 12.0 Å². The molecule has 0 aliphatic rings. The van der Waals surface area contributed by atoms with Crippen LogP contribution < -0.4 is 0 Å². The Morgan fingerprint density at radius 3 is 2.58 bits per heavy atom. The molecule has 0 fully saturated rings.